The van der Waals surface area contributed by atoms with Crippen LogP contribution in [-0.2, 0) is 0 Å². The molecule has 88 valence electrons. The fraction of sp³-hybridized carbons (Fsp3) is 0.267. The van der Waals surface area contributed by atoms with E-state index >= 15 is 0 Å². The highest BCUT2D eigenvalue weighted by Crippen LogP contribution is 2.23. The van der Waals surface area contributed by atoms with E-state index < -0.39 is 0 Å². The zero-order chi connectivity index (χ0) is 12.4. The lowest BCUT2D eigenvalue weighted by atomic mass is 9.93. The molecule has 0 atom stereocenters. The molecule has 1 aromatic rings. The zero-order valence-corrected chi connectivity index (χ0v) is 10.1. The van der Waals surface area contributed by atoms with Crippen molar-refractivity contribution >= 4 is 5.78 Å². The summed E-state index contributed by atoms with van der Waals surface area (Å²) >= 11 is 0. The van der Waals surface area contributed by atoms with Crippen LogP contribution < -0.4 is 0 Å². The van der Waals surface area contributed by atoms with Crippen molar-refractivity contribution < 1.29 is 9.18 Å². The largest absolute Gasteiger partial charge is 0.289 e. The molecule has 0 spiro atoms. The second kappa shape index (κ2) is 4.66. The predicted molar refractivity (Wildman–Crippen MR) is 66.8 cm³/mol. The summed E-state index contributed by atoms with van der Waals surface area (Å²) in [6, 6.07) is 5.77. The molecular weight excluding hydrogens is 215 g/mol. The molecule has 1 aliphatic rings. The summed E-state index contributed by atoms with van der Waals surface area (Å²) in [7, 11) is 0. The van der Waals surface area contributed by atoms with E-state index in [1.54, 1.807) is 6.08 Å². The third-order valence-electron chi connectivity index (χ3n) is 3.02. The van der Waals surface area contributed by atoms with Gasteiger partial charge in [0.1, 0.15) is 5.83 Å². The number of benzene rings is 1. The van der Waals surface area contributed by atoms with Crippen LogP contribution in [0, 0.1) is 13.8 Å². The van der Waals surface area contributed by atoms with Crippen LogP contribution in [0.2, 0.25) is 0 Å². The molecule has 0 bridgehead atoms. The van der Waals surface area contributed by atoms with Crippen LogP contribution >= 0.6 is 0 Å². The molecule has 0 amide bonds. The number of hydrogen-bond acceptors (Lipinski definition) is 1. The van der Waals surface area contributed by atoms with Crippen molar-refractivity contribution in [3.8, 4) is 0 Å². The Morgan fingerprint density at radius 1 is 1.18 bits per heavy atom. The molecule has 0 radical (unpaired) electrons. The smallest absolute Gasteiger partial charge is 0.189 e. The van der Waals surface area contributed by atoms with Gasteiger partial charge in [-0.3, -0.25) is 4.79 Å². The quantitative estimate of drug-likeness (QED) is 0.700. The molecular formula is C15H15FO. The molecule has 0 heterocycles. The Morgan fingerprint density at radius 3 is 2.53 bits per heavy atom. The molecule has 2 rings (SSSR count). The topological polar surface area (TPSA) is 17.1 Å². The van der Waals surface area contributed by atoms with Gasteiger partial charge in [0.25, 0.3) is 0 Å². The van der Waals surface area contributed by atoms with Gasteiger partial charge >= 0.3 is 0 Å². The molecule has 0 aromatic heterocycles. The minimum atomic E-state index is -0.151. The van der Waals surface area contributed by atoms with Gasteiger partial charge in [-0.05, 0) is 31.9 Å². The first kappa shape index (κ1) is 11.8. The van der Waals surface area contributed by atoms with Crippen molar-refractivity contribution in [2.75, 3.05) is 0 Å². The number of halogens is 1. The molecule has 1 aliphatic carbocycles. The maximum absolute atomic E-state index is 12.9. The number of carbonyl (C=O) groups excluding carboxylic acids is 1. The van der Waals surface area contributed by atoms with Crippen LogP contribution in [0.25, 0.3) is 0 Å². The van der Waals surface area contributed by atoms with Gasteiger partial charge in [0.15, 0.2) is 5.78 Å². The molecule has 17 heavy (non-hydrogen) atoms. The lowest BCUT2D eigenvalue weighted by Crippen LogP contribution is -2.07. The van der Waals surface area contributed by atoms with E-state index in [4.69, 9.17) is 0 Å². The summed E-state index contributed by atoms with van der Waals surface area (Å²) in [5.41, 5.74) is 3.53. The summed E-state index contributed by atoms with van der Waals surface area (Å²) in [5.74, 6) is -0.131. The number of ketones is 1. The maximum atomic E-state index is 12.9. The highest BCUT2D eigenvalue weighted by Gasteiger charge is 2.16. The zero-order valence-electron chi connectivity index (χ0n) is 10.1. The van der Waals surface area contributed by atoms with Crippen LogP contribution in [0.1, 0.15) is 34.3 Å². The Bertz CT molecular complexity index is 524. The van der Waals surface area contributed by atoms with Crippen molar-refractivity contribution in [2.24, 2.45) is 0 Å². The second-order valence-electron chi connectivity index (χ2n) is 4.45. The molecule has 0 saturated heterocycles. The first-order chi connectivity index (χ1) is 8.08. The fourth-order valence-corrected chi connectivity index (χ4v) is 2.04. The first-order valence-corrected chi connectivity index (χ1v) is 5.75. The van der Waals surface area contributed by atoms with E-state index in [1.165, 1.54) is 6.08 Å². The minimum absolute atomic E-state index is 0.0197. The molecule has 0 fully saturated rings. The van der Waals surface area contributed by atoms with E-state index in [1.807, 2.05) is 32.0 Å². The Kier molecular flexibility index (Phi) is 3.23. The van der Waals surface area contributed by atoms with Gasteiger partial charge in [-0.1, -0.05) is 29.8 Å². The van der Waals surface area contributed by atoms with Gasteiger partial charge in [-0.25, -0.2) is 4.39 Å². The molecule has 0 saturated carbocycles. The Morgan fingerprint density at radius 2 is 1.94 bits per heavy atom. The third kappa shape index (κ3) is 2.52. The predicted octanol–water partition coefficient (Wildman–Crippen LogP) is 4.06. The Hall–Kier alpha value is -1.70. The number of allylic oxidation sites excluding steroid dienone is 4. The van der Waals surface area contributed by atoms with Crippen molar-refractivity contribution in [3.05, 3.63) is 58.4 Å². The lowest BCUT2D eigenvalue weighted by Gasteiger charge is -2.11. The van der Waals surface area contributed by atoms with Gasteiger partial charge in [0.05, 0.1) is 0 Å². The van der Waals surface area contributed by atoms with Gasteiger partial charge < -0.3 is 0 Å². The van der Waals surface area contributed by atoms with Crippen LogP contribution in [0.3, 0.4) is 0 Å². The van der Waals surface area contributed by atoms with Crippen molar-refractivity contribution in [3.63, 3.8) is 0 Å². The van der Waals surface area contributed by atoms with Crippen molar-refractivity contribution in [1.29, 1.82) is 0 Å². The second-order valence-corrected chi connectivity index (χ2v) is 4.45. The summed E-state index contributed by atoms with van der Waals surface area (Å²) in [6.45, 7) is 3.93. The Balaban J connectivity index is 2.32. The molecule has 1 nitrogen and oxygen atoms in total. The van der Waals surface area contributed by atoms with Crippen molar-refractivity contribution in [2.45, 2.75) is 26.7 Å². The van der Waals surface area contributed by atoms with E-state index in [9.17, 15) is 9.18 Å². The van der Waals surface area contributed by atoms with Crippen LogP contribution in [0.5, 0.6) is 0 Å². The van der Waals surface area contributed by atoms with E-state index in [0.29, 0.717) is 18.4 Å². The Labute approximate surface area is 101 Å². The molecule has 2 heteroatoms. The number of aryl methyl sites for hydroxylation is 2. The van der Waals surface area contributed by atoms with Gasteiger partial charge in [-0.2, -0.15) is 0 Å². The highest BCUT2D eigenvalue weighted by atomic mass is 19.1. The molecule has 0 unspecified atom stereocenters. The van der Waals surface area contributed by atoms with E-state index in [-0.39, 0.29) is 11.6 Å². The molecule has 0 aliphatic heterocycles. The van der Waals surface area contributed by atoms with E-state index in [0.717, 1.165) is 16.7 Å². The fourth-order valence-electron chi connectivity index (χ4n) is 2.04. The molecule has 0 N–H and O–H groups in total. The average molecular weight is 230 g/mol. The van der Waals surface area contributed by atoms with Crippen LogP contribution in [-0.4, -0.2) is 5.78 Å². The summed E-state index contributed by atoms with van der Waals surface area (Å²) in [6.07, 6.45) is 3.82. The van der Waals surface area contributed by atoms with E-state index in [2.05, 4.69) is 0 Å². The number of rotatable bonds is 2. The lowest BCUT2D eigenvalue weighted by molar-refractivity contribution is 0.102. The SMILES string of the molecule is Cc1ccc(C(=O)C2=CC=C(F)CC2)c(C)c1. The number of hydrogen-bond donors (Lipinski definition) is 0. The van der Waals surface area contributed by atoms with Gasteiger partial charge in [0, 0.05) is 17.6 Å². The maximum Gasteiger partial charge on any atom is 0.189 e. The standard InChI is InChI=1S/C15H15FO/c1-10-3-8-14(11(2)9-10)15(17)12-4-6-13(16)7-5-12/h3-4,6,8-9H,5,7H2,1-2H3. The summed E-state index contributed by atoms with van der Waals surface area (Å²) < 4.78 is 12.9. The highest BCUT2D eigenvalue weighted by molar-refractivity contribution is 6.09. The molecule has 1 aromatic carbocycles. The summed E-state index contributed by atoms with van der Waals surface area (Å²) in [4.78, 5) is 12.2. The summed E-state index contributed by atoms with van der Waals surface area (Å²) in [5, 5.41) is 0. The van der Waals surface area contributed by atoms with Gasteiger partial charge in [0.2, 0.25) is 0 Å². The number of carbonyl (C=O) groups is 1. The van der Waals surface area contributed by atoms with Crippen LogP contribution in [0.15, 0.2) is 41.8 Å². The van der Waals surface area contributed by atoms with Crippen molar-refractivity contribution in [1.82, 2.24) is 0 Å². The number of Topliss-reactive ketones (excluding diaryl/α,β-unsaturated/α-hetero) is 1. The third-order valence-corrected chi connectivity index (χ3v) is 3.02. The van der Waals surface area contributed by atoms with Gasteiger partial charge in [-0.15, -0.1) is 0 Å². The van der Waals surface area contributed by atoms with Crippen LogP contribution in [0.4, 0.5) is 4.39 Å². The normalized spacial score (nSPS) is 15.2. The average Bonchev–Trinajstić information content (AvgIpc) is 2.29. The minimum Gasteiger partial charge on any atom is -0.289 e. The monoisotopic (exact) mass is 230 g/mol. The first-order valence-electron chi connectivity index (χ1n) is 5.75.